The number of hydrogen-bond donors (Lipinski definition) is 1. The highest BCUT2D eigenvalue weighted by molar-refractivity contribution is 14.1. The summed E-state index contributed by atoms with van der Waals surface area (Å²) in [4.78, 5) is 9.51. The third-order valence-electron chi connectivity index (χ3n) is 3.35. The highest BCUT2D eigenvalue weighted by atomic mass is 127. The number of aromatic nitrogens is 2. The summed E-state index contributed by atoms with van der Waals surface area (Å²) in [6.07, 6.45) is 0.957. The quantitative estimate of drug-likeness (QED) is 0.765. The van der Waals surface area contributed by atoms with E-state index in [4.69, 9.17) is 9.97 Å². The van der Waals surface area contributed by atoms with E-state index in [1.54, 1.807) is 0 Å². The normalized spacial score (nSPS) is 27.3. The summed E-state index contributed by atoms with van der Waals surface area (Å²) in [6.45, 7) is 6.77. The molecule has 0 amide bonds. The second kappa shape index (κ2) is 6.85. The molecule has 3 nitrogen and oxygen atoms in total. The van der Waals surface area contributed by atoms with Gasteiger partial charge in [-0.05, 0) is 29.0 Å². The summed E-state index contributed by atoms with van der Waals surface area (Å²) in [5.74, 6) is 3.08. The molecule has 1 aromatic rings. The van der Waals surface area contributed by atoms with Gasteiger partial charge in [-0.25, -0.2) is 9.97 Å². The lowest BCUT2D eigenvalue weighted by Gasteiger charge is -2.30. The van der Waals surface area contributed by atoms with E-state index < -0.39 is 0 Å². The van der Waals surface area contributed by atoms with Gasteiger partial charge in [0.2, 0.25) is 0 Å². The maximum atomic E-state index is 4.79. The number of nitrogens with one attached hydrogen (secondary N) is 1. The smallest absolute Gasteiger partial charge is 0.144 e. The molecule has 1 saturated heterocycles. The zero-order valence-electron chi connectivity index (χ0n) is 11.7. The van der Waals surface area contributed by atoms with E-state index in [0.29, 0.717) is 10.5 Å². The Bertz CT molecular complexity index is 431. The first-order valence-corrected chi connectivity index (χ1v) is 9.65. The largest absolute Gasteiger partial charge is 0.372 e. The van der Waals surface area contributed by atoms with Gasteiger partial charge in [-0.15, -0.1) is 11.8 Å². The summed E-state index contributed by atoms with van der Waals surface area (Å²) >= 11 is 6.39. The van der Waals surface area contributed by atoms with Gasteiger partial charge >= 0.3 is 0 Å². The van der Waals surface area contributed by atoms with Gasteiger partial charge in [0.1, 0.15) is 11.6 Å². The fourth-order valence-corrected chi connectivity index (χ4v) is 5.71. The monoisotopic (exact) mass is 409 g/mol. The molecule has 0 spiro atoms. The topological polar surface area (TPSA) is 37.8 Å². The Kier molecular flexibility index (Phi) is 5.65. The third-order valence-corrected chi connectivity index (χ3v) is 7.87. The number of halogens is 1. The highest BCUT2D eigenvalue weighted by Crippen LogP contribution is 2.43. The number of rotatable bonds is 3. The van der Waals surface area contributed by atoms with Crippen molar-refractivity contribution in [2.45, 2.75) is 42.9 Å². The maximum Gasteiger partial charge on any atom is 0.144 e. The molecule has 0 aliphatic carbocycles. The van der Waals surface area contributed by atoms with Crippen molar-refractivity contribution in [1.82, 2.24) is 9.97 Å². The number of anilines is 1. The summed E-state index contributed by atoms with van der Waals surface area (Å²) in [5, 5.41) is 5.00. The van der Waals surface area contributed by atoms with Crippen LogP contribution in [-0.2, 0) is 6.42 Å². The first-order chi connectivity index (χ1) is 9.06. The molecule has 3 unspecified atom stereocenters. The minimum atomic E-state index is 0.422. The van der Waals surface area contributed by atoms with Crippen LogP contribution >= 0.6 is 46.1 Å². The van der Waals surface area contributed by atoms with Crippen molar-refractivity contribution in [3.05, 3.63) is 15.1 Å². The second-order valence-corrected chi connectivity index (χ2v) is 8.74. The van der Waals surface area contributed by atoms with E-state index >= 15 is 0 Å². The fraction of sp³-hybridized carbons (Fsp3) is 0.692. The van der Waals surface area contributed by atoms with E-state index in [1.807, 2.05) is 30.6 Å². The van der Waals surface area contributed by atoms with Crippen LogP contribution in [0.3, 0.4) is 0 Å². The number of nitrogens with zero attached hydrogens (tertiary/aromatic N) is 2. The Morgan fingerprint density at radius 3 is 2.63 bits per heavy atom. The van der Waals surface area contributed by atoms with Gasteiger partial charge in [-0.3, -0.25) is 0 Å². The Balaban J connectivity index is 2.29. The SMILES string of the molecule is CCc1nc(C2CSC(C)C(C)S2)nc(NC)c1I. The lowest BCUT2D eigenvalue weighted by Crippen LogP contribution is -2.23. The molecule has 19 heavy (non-hydrogen) atoms. The predicted octanol–water partition coefficient (Wildman–Crippen LogP) is 3.98. The first-order valence-electron chi connectivity index (χ1n) is 6.57. The number of hydrogen-bond acceptors (Lipinski definition) is 5. The first kappa shape index (κ1) is 15.7. The lowest BCUT2D eigenvalue weighted by molar-refractivity contribution is 0.838. The Hall–Kier alpha value is 0.310. The summed E-state index contributed by atoms with van der Waals surface area (Å²) in [6, 6.07) is 0. The zero-order chi connectivity index (χ0) is 14.0. The lowest BCUT2D eigenvalue weighted by atomic mass is 10.3. The van der Waals surface area contributed by atoms with Crippen LogP contribution in [0.15, 0.2) is 0 Å². The van der Waals surface area contributed by atoms with Gasteiger partial charge in [-0.1, -0.05) is 20.8 Å². The van der Waals surface area contributed by atoms with E-state index in [0.717, 1.165) is 38.3 Å². The van der Waals surface area contributed by atoms with Gasteiger partial charge in [0.25, 0.3) is 0 Å². The summed E-state index contributed by atoms with van der Waals surface area (Å²) in [5.41, 5.74) is 1.16. The molecule has 0 bridgehead atoms. The molecule has 1 aliphatic rings. The van der Waals surface area contributed by atoms with Crippen molar-refractivity contribution in [3.63, 3.8) is 0 Å². The van der Waals surface area contributed by atoms with E-state index in [1.165, 1.54) is 0 Å². The molecule has 0 radical (unpaired) electrons. The van der Waals surface area contributed by atoms with E-state index in [-0.39, 0.29) is 0 Å². The van der Waals surface area contributed by atoms with Crippen molar-refractivity contribution in [2.75, 3.05) is 18.1 Å². The molecule has 3 atom stereocenters. The van der Waals surface area contributed by atoms with Crippen molar-refractivity contribution in [3.8, 4) is 0 Å². The van der Waals surface area contributed by atoms with E-state index in [9.17, 15) is 0 Å². The zero-order valence-corrected chi connectivity index (χ0v) is 15.5. The molecule has 6 heteroatoms. The van der Waals surface area contributed by atoms with Crippen molar-refractivity contribution in [1.29, 1.82) is 0 Å². The Morgan fingerprint density at radius 2 is 2.05 bits per heavy atom. The molecule has 1 aromatic heterocycles. The highest BCUT2D eigenvalue weighted by Gasteiger charge is 2.29. The molecular formula is C13H20IN3S2. The van der Waals surface area contributed by atoms with Gasteiger partial charge in [0.05, 0.1) is 14.5 Å². The van der Waals surface area contributed by atoms with Gasteiger partial charge in [0, 0.05) is 23.3 Å². The Morgan fingerprint density at radius 1 is 1.32 bits per heavy atom. The van der Waals surface area contributed by atoms with Crippen LogP contribution < -0.4 is 5.32 Å². The van der Waals surface area contributed by atoms with Crippen LogP contribution in [0.5, 0.6) is 0 Å². The molecule has 106 valence electrons. The second-order valence-electron chi connectivity index (χ2n) is 4.66. The molecule has 0 saturated carbocycles. The van der Waals surface area contributed by atoms with Crippen LogP contribution in [0, 0.1) is 3.57 Å². The van der Waals surface area contributed by atoms with Crippen LogP contribution in [0.2, 0.25) is 0 Å². The average Bonchev–Trinajstić information content (AvgIpc) is 2.42. The van der Waals surface area contributed by atoms with Gasteiger partial charge in [-0.2, -0.15) is 11.8 Å². The molecule has 1 fully saturated rings. The molecule has 2 rings (SSSR count). The molecule has 1 N–H and O–H groups in total. The average molecular weight is 409 g/mol. The van der Waals surface area contributed by atoms with Crippen molar-refractivity contribution < 1.29 is 0 Å². The minimum Gasteiger partial charge on any atom is -0.372 e. The molecule has 0 aromatic carbocycles. The summed E-state index contributed by atoms with van der Waals surface area (Å²) < 4.78 is 1.15. The standard InChI is InChI=1S/C13H20IN3S2/c1-5-9-11(14)13(15-4)17-12(16-9)10-6-18-7(2)8(3)19-10/h7-8,10H,5-6H2,1-4H3,(H,15,16,17). The molecule has 1 aliphatic heterocycles. The number of thioether (sulfide) groups is 2. The van der Waals surface area contributed by atoms with Crippen LogP contribution in [-0.4, -0.2) is 33.3 Å². The maximum absolute atomic E-state index is 4.79. The van der Waals surface area contributed by atoms with E-state index in [2.05, 4.69) is 48.7 Å². The summed E-state index contributed by atoms with van der Waals surface area (Å²) in [7, 11) is 1.93. The van der Waals surface area contributed by atoms with Crippen molar-refractivity contribution >= 4 is 51.9 Å². The minimum absolute atomic E-state index is 0.422. The fourth-order valence-electron chi connectivity index (χ4n) is 1.98. The molecular weight excluding hydrogens is 389 g/mol. The van der Waals surface area contributed by atoms with Crippen LogP contribution in [0.1, 0.15) is 37.5 Å². The third kappa shape index (κ3) is 3.50. The Labute approximate surface area is 137 Å². The predicted molar refractivity (Wildman–Crippen MR) is 95.4 cm³/mol. The van der Waals surface area contributed by atoms with Gasteiger partial charge < -0.3 is 5.32 Å². The van der Waals surface area contributed by atoms with Crippen LogP contribution in [0.4, 0.5) is 5.82 Å². The van der Waals surface area contributed by atoms with Crippen LogP contribution in [0.25, 0.3) is 0 Å². The van der Waals surface area contributed by atoms with Gasteiger partial charge in [0.15, 0.2) is 0 Å². The molecule has 2 heterocycles. The van der Waals surface area contributed by atoms with Crippen molar-refractivity contribution in [2.24, 2.45) is 0 Å². The number of aryl methyl sites for hydroxylation is 1.